The van der Waals surface area contributed by atoms with Crippen LogP contribution in [0.5, 0.6) is 0 Å². The molecule has 0 atom stereocenters. The van der Waals surface area contributed by atoms with Gasteiger partial charge in [-0.25, -0.2) is 4.79 Å². The van der Waals surface area contributed by atoms with Crippen molar-refractivity contribution in [2.24, 2.45) is 0 Å². The number of benzene rings is 1. The molecule has 0 fully saturated rings. The zero-order valence-electron chi connectivity index (χ0n) is 9.82. The fraction of sp³-hybridized carbons (Fsp3) is 0.231. The van der Waals surface area contributed by atoms with Crippen molar-refractivity contribution >= 4 is 0 Å². The summed E-state index contributed by atoms with van der Waals surface area (Å²) < 4.78 is 2.54. The van der Waals surface area contributed by atoms with Crippen LogP contribution in [-0.2, 0) is 6.54 Å². The van der Waals surface area contributed by atoms with Crippen LogP contribution in [0, 0.1) is 0 Å². The molecule has 0 aliphatic heterocycles. The molecule has 0 radical (unpaired) electrons. The van der Waals surface area contributed by atoms with Gasteiger partial charge in [-0.15, -0.1) is 0 Å². The lowest BCUT2D eigenvalue weighted by Gasteiger charge is -2.09. The lowest BCUT2D eigenvalue weighted by Crippen LogP contribution is -2.38. The van der Waals surface area contributed by atoms with Gasteiger partial charge in [-0.05, 0) is 18.6 Å². The van der Waals surface area contributed by atoms with Gasteiger partial charge in [0.05, 0.1) is 5.69 Å². The largest absolute Gasteiger partial charge is 0.396 e. The summed E-state index contributed by atoms with van der Waals surface area (Å²) in [5.74, 6) is 0. The van der Waals surface area contributed by atoms with E-state index in [1.165, 1.54) is 16.8 Å². The molecule has 1 aromatic heterocycles. The maximum atomic E-state index is 12.1. The number of hydrogen-bond acceptors (Lipinski definition) is 3. The molecular formula is C13H14N2O3. The summed E-state index contributed by atoms with van der Waals surface area (Å²) in [6.45, 7) is 0.175. The second kappa shape index (κ2) is 5.46. The lowest BCUT2D eigenvalue weighted by atomic mass is 10.3. The van der Waals surface area contributed by atoms with Gasteiger partial charge in [0.2, 0.25) is 0 Å². The van der Waals surface area contributed by atoms with Crippen molar-refractivity contribution in [1.82, 2.24) is 9.13 Å². The molecule has 5 heteroatoms. The van der Waals surface area contributed by atoms with Crippen molar-refractivity contribution in [2.45, 2.75) is 13.0 Å². The fourth-order valence-corrected chi connectivity index (χ4v) is 1.74. The van der Waals surface area contributed by atoms with Gasteiger partial charge in [-0.3, -0.25) is 13.9 Å². The smallest absolute Gasteiger partial charge is 0.335 e. The van der Waals surface area contributed by atoms with Crippen LogP contribution >= 0.6 is 0 Å². The van der Waals surface area contributed by atoms with Crippen molar-refractivity contribution in [3.63, 3.8) is 0 Å². The molecule has 1 aromatic carbocycles. The van der Waals surface area contributed by atoms with Crippen molar-refractivity contribution in [3.05, 3.63) is 63.4 Å². The normalized spacial score (nSPS) is 10.5. The molecule has 0 saturated heterocycles. The summed E-state index contributed by atoms with van der Waals surface area (Å²) in [5.41, 5.74) is -0.0250. The SMILES string of the molecule is O=c1ccn(-c2ccccc2)c(=O)n1CCCO. The Balaban J connectivity index is 2.52. The minimum atomic E-state index is -0.387. The Hall–Kier alpha value is -2.14. The Bertz CT molecular complexity index is 629. The molecule has 0 spiro atoms. The molecule has 0 saturated carbocycles. The third-order valence-electron chi connectivity index (χ3n) is 2.64. The van der Waals surface area contributed by atoms with Crippen LogP contribution in [0.1, 0.15) is 6.42 Å². The second-order valence-electron chi connectivity index (χ2n) is 3.87. The van der Waals surface area contributed by atoms with Gasteiger partial charge in [-0.2, -0.15) is 0 Å². The minimum Gasteiger partial charge on any atom is -0.396 e. The van der Waals surface area contributed by atoms with Crippen molar-refractivity contribution in [3.8, 4) is 5.69 Å². The van der Waals surface area contributed by atoms with E-state index in [2.05, 4.69) is 0 Å². The number of aliphatic hydroxyl groups is 1. The van der Waals surface area contributed by atoms with E-state index in [0.717, 1.165) is 4.57 Å². The van der Waals surface area contributed by atoms with Gasteiger partial charge < -0.3 is 5.11 Å². The Morgan fingerprint density at radius 3 is 2.44 bits per heavy atom. The third kappa shape index (κ3) is 2.41. The maximum Gasteiger partial charge on any atom is 0.335 e. The highest BCUT2D eigenvalue weighted by Gasteiger charge is 2.05. The summed E-state index contributed by atoms with van der Waals surface area (Å²) in [5, 5.41) is 8.77. The summed E-state index contributed by atoms with van der Waals surface area (Å²) in [6.07, 6.45) is 1.85. The third-order valence-corrected chi connectivity index (χ3v) is 2.64. The zero-order valence-corrected chi connectivity index (χ0v) is 9.82. The number of hydrogen-bond donors (Lipinski definition) is 1. The highest BCUT2D eigenvalue weighted by atomic mass is 16.3. The first-order chi connectivity index (χ1) is 8.74. The first-order valence-corrected chi connectivity index (χ1v) is 5.73. The highest BCUT2D eigenvalue weighted by molar-refractivity contribution is 5.30. The van der Waals surface area contributed by atoms with Crippen molar-refractivity contribution < 1.29 is 5.11 Å². The minimum absolute atomic E-state index is 0.0495. The monoisotopic (exact) mass is 246 g/mol. The van der Waals surface area contributed by atoms with Gasteiger partial charge in [0.25, 0.3) is 5.56 Å². The van der Waals surface area contributed by atoms with Crippen LogP contribution in [0.15, 0.2) is 52.2 Å². The Labute approximate surface area is 104 Å². The molecule has 2 rings (SSSR count). The van der Waals surface area contributed by atoms with Crippen LogP contribution in [0.4, 0.5) is 0 Å². The van der Waals surface area contributed by atoms with E-state index in [4.69, 9.17) is 5.11 Å². The lowest BCUT2D eigenvalue weighted by molar-refractivity contribution is 0.277. The van der Waals surface area contributed by atoms with Gasteiger partial charge in [0.1, 0.15) is 0 Å². The summed E-state index contributed by atoms with van der Waals surface area (Å²) in [7, 11) is 0. The molecule has 0 bridgehead atoms. The first-order valence-electron chi connectivity index (χ1n) is 5.73. The van der Waals surface area contributed by atoms with Gasteiger partial charge in [0.15, 0.2) is 0 Å². The van der Waals surface area contributed by atoms with Crippen LogP contribution in [0.2, 0.25) is 0 Å². The number of nitrogens with zero attached hydrogens (tertiary/aromatic N) is 2. The first kappa shape index (κ1) is 12.3. The van der Waals surface area contributed by atoms with Crippen LogP contribution < -0.4 is 11.2 Å². The molecule has 0 unspecified atom stereocenters. The quantitative estimate of drug-likeness (QED) is 0.848. The standard InChI is InChI=1S/C13H14N2O3/c16-10-4-8-15-12(17)7-9-14(13(15)18)11-5-2-1-3-6-11/h1-3,5-7,9,16H,4,8,10H2. The topological polar surface area (TPSA) is 64.2 Å². The number of para-hydroxylation sites is 1. The van der Waals surface area contributed by atoms with E-state index in [1.54, 1.807) is 12.1 Å². The van der Waals surface area contributed by atoms with E-state index in [-0.39, 0.29) is 24.4 Å². The molecule has 94 valence electrons. The van der Waals surface area contributed by atoms with Gasteiger partial charge >= 0.3 is 5.69 Å². The van der Waals surface area contributed by atoms with Crippen LogP contribution in [0.3, 0.4) is 0 Å². The zero-order chi connectivity index (χ0) is 13.0. The molecule has 1 heterocycles. The maximum absolute atomic E-state index is 12.1. The number of aliphatic hydroxyl groups excluding tert-OH is 1. The summed E-state index contributed by atoms with van der Waals surface area (Å²) in [4.78, 5) is 23.7. The second-order valence-corrected chi connectivity index (χ2v) is 3.87. The van der Waals surface area contributed by atoms with Crippen molar-refractivity contribution in [2.75, 3.05) is 6.61 Å². The van der Waals surface area contributed by atoms with Crippen LogP contribution in [0.25, 0.3) is 5.69 Å². The molecule has 0 amide bonds. The van der Waals surface area contributed by atoms with Gasteiger partial charge in [0, 0.05) is 25.4 Å². The highest BCUT2D eigenvalue weighted by Crippen LogP contribution is 2.01. The molecule has 18 heavy (non-hydrogen) atoms. The summed E-state index contributed by atoms with van der Waals surface area (Å²) in [6, 6.07) is 10.4. The predicted octanol–water partition coefficient (Wildman–Crippen LogP) is 0.382. The Kier molecular flexibility index (Phi) is 3.74. The average Bonchev–Trinajstić information content (AvgIpc) is 2.40. The number of aromatic nitrogens is 2. The molecule has 0 aliphatic rings. The van der Waals surface area contributed by atoms with Crippen LogP contribution in [-0.4, -0.2) is 20.8 Å². The molecule has 2 aromatic rings. The predicted molar refractivity (Wildman–Crippen MR) is 68.0 cm³/mol. The van der Waals surface area contributed by atoms with E-state index in [1.807, 2.05) is 18.2 Å². The molecule has 5 nitrogen and oxygen atoms in total. The van der Waals surface area contributed by atoms with E-state index >= 15 is 0 Å². The fourth-order valence-electron chi connectivity index (χ4n) is 1.74. The Morgan fingerprint density at radius 2 is 1.78 bits per heavy atom. The number of rotatable bonds is 4. The average molecular weight is 246 g/mol. The van der Waals surface area contributed by atoms with E-state index in [9.17, 15) is 9.59 Å². The molecular weight excluding hydrogens is 232 g/mol. The molecule has 1 N–H and O–H groups in total. The Morgan fingerprint density at radius 1 is 1.06 bits per heavy atom. The molecule has 0 aliphatic carbocycles. The van der Waals surface area contributed by atoms with Gasteiger partial charge in [-0.1, -0.05) is 18.2 Å². The van der Waals surface area contributed by atoms with Crippen molar-refractivity contribution in [1.29, 1.82) is 0 Å². The van der Waals surface area contributed by atoms with E-state index in [0.29, 0.717) is 12.1 Å². The summed E-state index contributed by atoms with van der Waals surface area (Å²) >= 11 is 0. The van der Waals surface area contributed by atoms with E-state index < -0.39 is 0 Å².